The SMILES string of the molecule is O=c1[nH]c(/C=C/c2cc(Cc3ccccc3)cc([N+](=O)[O-])c2O)c([N+](=O)[O-])c(=O)[nH]1. The molecule has 2 aromatic carbocycles. The molecule has 3 rings (SSSR count). The summed E-state index contributed by atoms with van der Waals surface area (Å²) in [6, 6.07) is 11.8. The van der Waals surface area contributed by atoms with Crippen LogP contribution in [-0.4, -0.2) is 24.9 Å². The summed E-state index contributed by atoms with van der Waals surface area (Å²) in [7, 11) is 0. The number of rotatable bonds is 6. The topological polar surface area (TPSA) is 172 Å². The first-order valence-electron chi connectivity index (χ1n) is 8.49. The van der Waals surface area contributed by atoms with Gasteiger partial charge in [-0.15, -0.1) is 0 Å². The third-order valence-electron chi connectivity index (χ3n) is 4.18. The number of nitrogens with zero attached hydrogens (tertiary/aromatic N) is 2. The molecule has 11 nitrogen and oxygen atoms in total. The van der Waals surface area contributed by atoms with E-state index in [1.165, 1.54) is 12.1 Å². The third kappa shape index (κ3) is 4.30. The smallest absolute Gasteiger partial charge is 0.357 e. The Hall–Kier alpha value is -4.54. The van der Waals surface area contributed by atoms with Gasteiger partial charge in [0, 0.05) is 11.6 Å². The highest BCUT2D eigenvalue weighted by atomic mass is 16.6. The van der Waals surface area contributed by atoms with Crippen LogP contribution in [0.2, 0.25) is 0 Å². The standard InChI is InChI=1S/C19H14N4O7/c24-17-13(6-7-14-16(23(29)30)18(25)21-19(26)20-14)9-12(10-15(17)22(27)28)8-11-4-2-1-3-5-11/h1-7,9-10,24H,8H2,(H2,20,21,25,26)/b7-6+. The Kier molecular flexibility index (Phi) is 5.54. The summed E-state index contributed by atoms with van der Waals surface area (Å²) in [6.07, 6.45) is 2.51. The highest BCUT2D eigenvalue weighted by Crippen LogP contribution is 2.33. The molecule has 0 atom stereocenters. The number of phenols is 1. The van der Waals surface area contributed by atoms with Crippen LogP contribution in [0.25, 0.3) is 12.2 Å². The molecule has 3 N–H and O–H groups in total. The Morgan fingerprint density at radius 3 is 2.27 bits per heavy atom. The molecule has 0 aliphatic heterocycles. The van der Waals surface area contributed by atoms with Crippen LogP contribution in [0.1, 0.15) is 22.4 Å². The average Bonchev–Trinajstić information content (AvgIpc) is 2.67. The molecular formula is C19H14N4O7. The number of nitrogens with one attached hydrogen (secondary N) is 2. The van der Waals surface area contributed by atoms with Crippen LogP contribution in [0.15, 0.2) is 52.1 Å². The van der Waals surface area contributed by atoms with Crippen molar-refractivity contribution in [3.05, 3.63) is 106 Å². The molecular weight excluding hydrogens is 396 g/mol. The first-order chi connectivity index (χ1) is 14.3. The molecule has 0 aliphatic rings. The van der Waals surface area contributed by atoms with Gasteiger partial charge in [0.1, 0.15) is 5.69 Å². The van der Waals surface area contributed by atoms with Gasteiger partial charge in [0.15, 0.2) is 0 Å². The van der Waals surface area contributed by atoms with Gasteiger partial charge < -0.3 is 10.1 Å². The van der Waals surface area contributed by atoms with Crippen LogP contribution in [0.4, 0.5) is 11.4 Å². The maximum Gasteiger partial charge on any atom is 0.357 e. The van der Waals surface area contributed by atoms with Gasteiger partial charge in [-0.25, -0.2) is 4.79 Å². The van der Waals surface area contributed by atoms with Crippen molar-refractivity contribution in [2.24, 2.45) is 0 Å². The summed E-state index contributed by atoms with van der Waals surface area (Å²) in [4.78, 5) is 47.8. The number of hydrogen-bond acceptors (Lipinski definition) is 7. The highest BCUT2D eigenvalue weighted by Gasteiger charge is 2.21. The zero-order valence-electron chi connectivity index (χ0n) is 15.2. The van der Waals surface area contributed by atoms with Crippen LogP contribution in [0.3, 0.4) is 0 Å². The van der Waals surface area contributed by atoms with Crippen LogP contribution < -0.4 is 11.2 Å². The fourth-order valence-electron chi connectivity index (χ4n) is 2.87. The molecule has 0 saturated carbocycles. The fourth-order valence-corrected chi connectivity index (χ4v) is 2.87. The molecule has 3 aromatic rings. The lowest BCUT2D eigenvalue weighted by molar-refractivity contribution is -0.386. The van der Waals surface area contributed by atoms with E-state index in [1.807, 2.05) is 30.3 Å². The van der Waals surface area contributed by atoms with Crippen molar-refractivity contribution in [2.75, 3.05) is 0 Å². The highest BCUT2D eigenvalue weighted by molar-refractivity contribution is 5.76. The molecule has 0 aliphatic carbocycles. The van der Waals surface area contributed by atoms with Crippen molar-refractivity contribution in [3.63, 3.8) is 0 Å². The van der Waals surface area contributed by atoms with Crippen molar-refractivity contribution < 1.29 is 15.0 Å². The second kappa shape index (κ2) is 8.22. The van der Waals surface area contributed by atoms with Crippen molar-refractivity contribution in [2.45, 2.75) is 6.42 Å². The van der Waals surface area contributed by atoms with Crippen molar-refractivity contribution in [3.8, 4) is 5.75 Å². The largest absolute Gasteiger partial charge is 0.502 e. The number of hydrogen-bond donors (Lipinski definition) is 3. The third-order valence-corrected chi connectivity index (χ3v) is 4.18. The molecule has 0 bridgehead atoms. The second-order valence-corrected chi connectivity index (χ2v) is 6.23. The molecule has 0 saturated heterocycles. The average molecular weight is 410 g/mol. The minimum atomic E-state index is -1.20. The lowest BCUT2D eigenvalue weighted by Crippen LogP contribution is -2.25. The summed E-state index contributed by atoms with van der Waals surface area (Å²) >= 11 is 0. The number of aromatic hydroxyl groups is 1. The number of aromatic amines is 2. The second-order valence-electron chi connectivity index (χ2n) is 6.23. The Morgan fingerprint density at radius 2 is 1.63 bits per heavy atom. The molecule has 0 amide bonds. The quantitative estimate of drug-likeness (QED) is 0.413. The number of phenolic OH excluding ortho intramolecular Hbond substituents is 1. The van der Waals surface area contributed by atoms with Crippen LogP contribution in [0.5, 0.6) is 5.75 Å². The van der Waals surface area contributed by atoms with Gasteiger partial charge in [-0.3, -0.25) is 30.0 Å². The fraction of sp³-hybridized carbons (Fsp3) is 0.0526. The van der Waals surface area contributed by atoms with E-state index in [4.69, 9.17) is 0 Å². The van der Waals surface area contributed by atoms with Gasteiger partial charge in [0.2, 0.25) is 5.75 Å². The summed E-state index contributed by atoms with van der Waals surface area (Å²) in [5.41, 5.74) is -2.64. The van der Waals surface area contributed by atoms with Crippen molar-refractivity contribution >= 4 is 23.5 Å². The van der Waals surface area contributed by atoms with Gasteiger partial charge in [0.05, 0.1) is 9.85 Å². The maximum atomic E-state index is 11.7. The summed E-state index contributed by atoms with van der Waals surface area (Å²) in [5.74, 6) is -0.650. The Balaban J connectivity index is 2.10. The van der Waals surface area contributed by atoms with Crippen LogP contribution in [0, 0.1) is 20.2 Å². The molecule has 0 radical (unpaired) electrons. The van der Waals surface area contributed by atoms with Gasteiger partial charge in [0.25, 0.3) is 0 Å². The minimum absolute atomic E-state index is 0.00874. The zero-order chi connectivity index (χ0) is 21.8. The number of nitro groups is 2. The van der Waals surface area contributed by atoms with E-state index in [-0.39, 0.29) is 5.56 Å². The van der Waals surface area contributed by atoms with Gasteiger partial charge in [-0.05, 0) is 35.8 Å². The van der Waals surface area contributed by atoms with E-state index in [9.17, 15) is 34.9 Å². The van der Waals surface area contributed by atoms with Crippen LogP contribution >= 0.6 is 0 Å². The molecule has 0 fully saturated rings. The van der Waals surface area contributed by atoms with E-state index in [0.717, 1.165) is 17.7 Å². The van der Waals surface area contributed by atoms with E-state index < -0.39 is 43.9 Å². The monoisotopic (exact) mass is 410 g/mol. The summed E-state index contributed by atoms with van der Waals surface area (Å²) < 4.78 is 0. The van der Waals surface area contributed by atoms with Gasteiger partial charge in [-0.1, -0.05) is 30.3 Å². The van der Waals surface area contributed by atoms with E-state index in [1.54, 1.807) is 4.98 Å². The molecule has 152 valence electrons. The number of nitro benzene ring substituents is 1. The Morgan fingerprint density at radius 1 is 0.933 bits per heavy atom. The summed E-state index contributed by atoms with van der Waals surface area (Å²) in [5, 5.41) is 32.7. The normalized spacial score (nSPS) is 10.9. The first-order valence-corrected chi connectivity index (χ1v) is 8.49. The number of benzene rings is 2. The predicted octanol–water partition coefficient (Wildman–Crippen LogP) is 2.35. The molecule has 1 heterocycles. The molecule has 30 heavy (non-hydrogen) atoms. The number of aromatic nitrogens is 2. The van der Waals surface area contributed by atoms with Crippen molar-refractivity contribution in [1.82, 2.24) is 9.97 Å². The van der Waals surface area contributed by atoms with E-state index in [0.29, 0.717) is 12.0 Å². The predicted molar refractivity (Wildman–Crippen MR) is 107 cm³/mol. The Labute approximate surface area is 167 Å². The zero-order valence-corrected chi connectivity index (χ0v) is 15.2. The van der Waals surface area contributed by atoms with Crippen molar-refractivity contribution in [1.29, 1.82) is 0 Å². The molecule has 0 spiro atoms. The minimum Gasteiger partial charge on any atom is -0.502 e. The lowest BCUT2D eigenvalue weighted by Gasteiger charge is -2.07. The first kappa shape index (κ1) is 20.2. The maximum absolute atomic E-state index is 11.7. The van der Waals surface area contributed by atoms with Gasteiger partial charge in [-0.2, -0.15) is 0 Å². The summed E-state index contributed by atoms with van der Waals surface area (Å²) in [6.45, 7) is 0. The number of H-pyrrole nitrogens is 2. The Bertz CT molecular complexity index is 1280. The van der Waals surface area contributed by atoms with Gasteiger partial charge >= 0.3 is 22.6 Å². The molecule has 11 heteroatoms. The van der Waals surface area contributed by atoms with Crippen LogP contribution in [-0.2, 0) is 6.42 Å². The lowest BCUT2D eigenvalue weighted by atomic mass is 10.0. The van der Waals surface area contributed by atoms with E-state index in [2.05, 4.69) is 4.98 Å². The molecule has 1 aromatic heterocycles. The van der Waals surface area contributed by atoms with E-state index >= 15 is 0 Å². The molecule has 0 unspecified atom stereocenters.